The predicted molar refractivity (Wildman–Crippen MR) is 124 cm³/mol. The molecule has 15 heteroatoms. The van der Waals surface area contributed by atoms with Gasteiger partial charge < -0.3 is 36.3 Å². The Hall–Kier alpha value is -3.27. The molecule has 0 aliphatic rings. The number of imidazole rings is 2. The lowest BCUT2D eigenvalue weighted by Gasteiger charge is -2.26. The number of ketones is 1. The van der Waals surface area contributed by atoms with Crippen molar-refractivity contribution in [2.45, 2.75) is 44.7 Å². The zero-order valence-electron chi connectivity index (χ0n) is 18.7. The number of aliphatic hydroxyl groups excluding tert-OH is 2. The third-order valence-corrected chi connectivity index (χ3v) is 6.01. The molecule has 7 N–H and O–H groups in total. The van der Waals surface area contributed by atoms with Gasteiger partial charge in [0.1, 0.15) is 29.9 Å². The molecule has 0 saturated heterocycles. The molecule has 3 atom stereocenters. The average molecular weight is 494 g/mol. The average Bonchev–Trinajstić information content (AvgIpc) is 3.41. The van der Waals surface area contributed by atoms with Crippen LogP contribution >= 0.6 is 11.8 Å². The van der Waals surface area contributed by atoms with Gasteiger partial charge in [-0.1, -0.05) is 0 Å². The first-order valence-electron chi connectivity index (χ1n) is 10.3. The third-order valence-electron chi connectivity index (χ3n) is 4.99. The van der Waals surface area contributed by atoms with E-state index in [1.807, 2.05) is 0 Å². The fraction of sp³-hybridized carbons (Fsp3) is 0.474. The van der Waals surface area contributed by atoms with E-state index in [0.29, 0.717) is 28.5 Å². The number of nitrogens with two attached hydrogens (primary N) is 2. The molecule has 0 saturated carbocycles. The van der Waals surface area contributed by atoms with Crippen LogP contribution in [0.4, 0.5) is 10.6 Å². The summed E-state index contributed by atoms with van der Waals surface area (Å²) in [6.07, 6.45) is 1.86. The van der Waals surface area contributed by atoms with Crippen LogP contribution in [-0.2, 0) is 17.2 Å². The number of fused-ring (bicyclic) bond motifs is 1. The lowest BCUT2D eigenvalue weighted by molar-refractivity contribution is -0.0973. The quantitative estimate of drug-likeness (QED) is 0.205. The minimum atomic E-state index is -1.14. The van der Waals surface area contributed by atoms with Crippen molar-refractivity contribution in [2.75, 3.05) is 18.1 Å². The van der Waals surface area contributed by atoms with Gasteiger partial charge in [-0.2, -0.15) is 0 Å². The Bertz CT molecular complexity index is 1150. The normalized spacial score (nSPS) is 14.1. The van der Waals surface area contributed by atoms with Crippen molar-refractivity contribution in [1.82, 2.24) is 34.4 Å². The van der Waals surface area contributed by atoms with E-state index in [-0.39, 0.29) is 23.8 Å². The topological polar surface area (TPSA) is 209 Å². The van der Waals surface area contributed by atoms with E-state index in [2.05, 4.69) is 25.3 Å². The van der Waals surface area contributed by atoms with Crippen molar-refractivity contribution in [3.8, 4) is 0 Å². The van der Waals surface area contributed by atoms with E-state index < -0.39 is 31.1 Å². The molecule has 2 amide bonds. The molecule has 0 aliphatic carbocycles. The standard InChI is InChI=1S/C19H27N9O5S/c1-10(30)15-12(3-22-19(21)32)27(7-25-15)9-34-5-14(13(31)4-29)33-11(2)28-8-26-16-17(20)23-6-24-18(16)28/h6-8,11,13-14,29,31H,3-5,9H2,1-2H3,(H2,20,23,24)(H3,21,22,32). The van der Waals surface area contributed by atoms with Gasteiger partial charge in [0.15, 0.2) is 17.2 Å². The fourth-order valence-electron chi connectivity index (χ4n) is 3.25. The highest BCUT2D eigenvalue weighted by Gasteiger charge is 2.24. The number of aliphatic hydroxyl groups is 2. The first kappa shape index (κ1) is 25.4. The summed E-state index contributed by atoms with van der Waals surface area (Å²) in [5, 5.41) is 22.3. The van der Waals surface area contributed by atoms with Crippen LogP contribution in [0.3, 0.4) is 0 Å². The SMILES string of the molecule is CC(=O)c1ncn(CSCC(OC(C)n2cnc3c(N)ncnc32)C(O)CO)c1CNC(N)=O. The highest BCUT2D eigenvalue weighted by Crippen LogP contribution is 2.23. The Kier molecular flexibility index (Phi) is 8.38. The Morgan fingerprint density at radius 3 is 2.71 bits per heavy atom. The highest BCUT2D eigenvalue weighted by atomic mass is 32.2. The summed E-state index contributed by atoms with van der Waals surface area (Å²) in [6, 6.07) is -0.720. The van der Waals surface area contributed by atoms with E-state index in [1.165, 1.54) is 37.7 Å². The van der Waals surface area contributed by atoms with Crippen molar-refractivity contribution < 1.29 is 24.5 Å². The van der Waals surface area contributed by atoms with Gasteiger partial charge >= 0.3 is 6.03 Å². The Morgan fingerprint density at radius 1 is 1.26 bits per heavy atom. The van der Waals surface area contributed by atoms with E-state index in [1.54, 1.807) is 16.1 Å². The van der Waals surface area contributed by atoms with Gasteiger partial charge in [0, 0.05) is 12.7 Å². The zero-order valence-corrected chi connectivity index (χ0v) is 19.5. The summed E-state index contributed by atoms with van der Waals surface area (Å²) in [5.74, 6) is 0.643. The minimum Gasteiger partial charge on any atom is -0.394 e. The number of amides is 2. The molecule has 34 heavy (non-hydrogen) atoms. The Morgan fingerprint density at radius 2 is 2.03 bits per heavy atom. The number of aromatic nitrogens is 6. The molecular weight excluding hydrogens is 466 g/mol. The number of carbonyl (C=O) groups is 2. The van der Waals surface area contributed by atoms with Crippen molar-refractivity contribution in [3.63, 3.8) is 0 Å². The molecule has 0 aliphatic heterocycles. The van der Waals surface area contributed by atoms with Crippen molar-refractivity contribution in [2.24, 2.45) is 5.73 Å². The van der Waals surface area contributed by atoms with Gasteiger partial charge in [0.25, 0.3) is 0 Å². The number of ether oxygens (including phenoxy) is 1. The molecule has 0 bridgehead atoms. The number of hydrogen-bond donors (Lipinski definition) is 5. The zero-order chi connectivity index (χ0) is 24.8. The van der Waals surface area contributed by atoms with Crippen LogP contribution in [0.25, 0.3) is 11.2 Å². The van der Waals surface area contributed by atoms with Gasteiger partial charge in [-0.05, 0) is 6.92 Å². The molecule has 3 aromatic rings. The van der Waals surface area contributed by atoms with Crippen LogP contribution < -0.4 is 16.8 Å². The largest absolute Gasteiger partial charge is 0.394 e. The Balaban J connectivity index is 1.69. The van der Waals surface area contributed by atoms with Crippen LogP contribution in [0.2, 0.25) is 0 Å². The molecule has 3 heterocycles. The molecule has 3 rings (SSSR count). The molecule has 3 unspecified atom stereocenters. The second-order valence-electron chi connectivity index (χ2n) is 7.39. The number of nitrogen functional groups attached to an aromatic ring is 1. The van der Waals surface area contributed by atoms with Crippen LogP contribution in [0, 0.1) is 0 Å². The lowest BCUT2D eigenvalue weighted by Crippen LogP contribution is -2.36. The minimum absolute atomic E-state index is 0.0414. The molecule has 0 radical (unpaired) electrons. The molecule has 14 nitrogen and oxygen atoms in total. The molecule has 184 valence electrons. The molecule has 0 spiro atoms. The highest BCUT2D eigenvalue weighted by molar-refractivity contribution is 7.98. The number of primary amides is 1. The number of nitrogens with zero attached hydrogens (tertiary/aromatic N) is 6. The number of thioether (sulfide) groups is 1. The maximum Gasteiger partial charge on any atom is 0.312 e. The second-order valence-corrected chi connectivity index (χ2v) is 8.39. The van der Waals surface area contributed by atoms with E-state index in [0.717, 1.165) is 0 Å². The summed E-state index contributed by atoms with van der Waals surface area (Å²) >= 11 is 1.38. The first-order valence-corrected chi connectivity index (χ1v) is 11.4. The smallest absolute Gasteiger partial charge is 0.312 e. The molecule has 3 aromatic heterocycles. The third kappa shape index (κ3) is 5.80. The van der Waals surface area contributed by atoms with Gasteiger partial charge in [0.05, 0.1) is 43.5 Å². The maximum absolute atomic E-state index is 11.9. The van der Waals surface area contributed by atoms with E-state index in [9.17, 15) is 19.8 Å². The van der Waals surface area contributed by atoms with Gasteiger partial charge in [0.2, 0.25) is 0 Å². The molecule has 0 fully saturated rings. The fourth-order valence-corrected chi connectivity index (χ4v) is 4.31. The van der Waals surface area contributed by atoms with Crippen molar-refractivity contribution in [3.05, 3.63) is 30.4 Å². The first-order chi connectivity index (χ1) is 16.2. The number of rotatable bonds is 12. The maximum atomic E-state index is 11.9. The van der Waals surface area contributed by atoms with Gasteiger partial charge in [-0.25, -0.2) is 24.7 Å². The molecular formula is C19H27N9O5S. The predicted octanol–water partition coefficient (Wildman–Crippen LogP) is -0.376. The number of Topliss-reactive ketones (excluding diaryl/α,β-unsaturated/α-hetero) is 1. The second kappa shape index (κ2) is 11.2. The van der Waals surface area contributed by atoms with Crippen LogP contribution in [0.1, 0.15) is 36.3 Å². The van der Waals surface area contributed by atoms with Crippen LogP contribution in [0.5, 0.6) is 0 Å². The van der Waals surface area contributed by atoms with Crippen LogP contribution in [-0.4, -0.2) is 75.7 Å². The lowest BCUT2D eigenvalue weighted by atomic mass is 10.2. The summed E-state index contributed by atoms with van der Waals surface area (Å²) in [4.78, 5) is 39.4. The number of nitrogens with one attached hydrogen (secondary N) is 1. The number of hydrogen-bond acceptors (Lipinski definition) is 11. The Labute approximate surface area is 198 Å². The van der Waals surface area contributed by atoms with Crippen molar-refractivity contribution >= 4 is 40.6 Å². The van der Waals surface area contributed by atoms with Gasteiger partial charge in [-0.3, -0.25) is 9.36 Å². The van der Waals surface area contributed by atoms with E-state index >= 15 is 0 Å². The monoisotopic (exact) mass is 493 g/mol. The summed E-state index contributed by atoms with van der Waals surface area (Å²) in [5.41, 5.74) is 12.6. The summed E-state index contributed by atoms with van der Waals surface area (Å²) < 4.78 is 9.38. The summed E-state index contributed by atoms with van der Waals surface area (Å²) in [6.45, 7) is 2.68. The molecule has 0 aromatic carbocycles. The number of urea groups is 1. The van der Waals surface area contributed by atoms with Crippen molar-refractivity contribution in [1.29, 1.82) is 0 Å². The van der Waals surface area contributed by atoms with Crippen LogP contribution in [0.15, 0.2) is 19.0 Å². The number of anilines is 1. The summed E-state index contributed by atoms with van der Waals surface area (Å²) in [7, 11) is 0. The van der Waals surface area contributed by atoms with E-state index in [4.69, 9.17) is 16.2 Å². The van der Waals surface area contributed by atoms with Gasteiger partial charge in [-0.15, -0.1) is 11.8 Å². The number of carbonyl (C=O) groups excluding carboxylic acids is 2.